The molecule has 0 saturated heterocycles. The molecule has 0 saturated carbocycles. The second-order valence-electron chi connectivity index (χ2n) is 4.50. The molecule has 1 amide bonds. The van der Waals surface area contributed by atoms with Crippen molar-refractivity contribution in [3.63, 3.8) is 0 Å². The molecule has 0 aliphatic heterocycles. The first kappa shape index (κ1) is 14.0. The lowest BCUT2D eigenvalue weighted by molar-refractivity contribution is 0.102. The number of carbonyl (C=O) groups excluding carboxylic acids is 1. The highest BCUT2D eigenvalue weighted by Gasteiger charge is 2.07. The minimum absolute atomic E-state index is 0.158. The van der Waals surface area contributed by atoms with Crippen molar-refractivity contribution in [2.45, 2.75) is 0 Å². The van der Waals surface area contributed by atoms with Gasteiger partial charge in [-0.1, -0.05) is 27.5 Å². The Balaban J connectivity index is 1.87. The van der Waals surface area contributed by atoms with Crippen molar-refractivity contribution >= 4 is 50.0 Å². The van der Waals surface area contributed by atoms with Gasteiger partial charge in [-0.05, 0) is 54.6 Å². The van der Waals surface area contributed by atoms with E-state index in [1.807, 2.05) is 30.3 Å². The number of aromatic nitrogens is 1. The van der Waals surface area contributed by atoms with Crippen molar-refractivity contribution in [2.75, 3.05) is 5.32 Å². The lowest BCUT2D eigenvalue weighted by atomic mass is 10.1. The molecule has 5 heteroatoms. The minimum atomic E-state index is -0.158. The fraction of sp³-hybridized carbons (Fsp3) is 0. The van der Waals surface area contributed by atoms with E-state index in [-0.39, 0.29) is 5.91 Å². The Morgan fingerprint density at radius 3 is 2.57 bits per heavy atom. The van der Waals surface area contributed by atoms with E-state index >= 15 is 0 Å². The summed E-state index contributed by atoms with van der Waals surface area (Å²) in [5.74, 6) is -0.158. The first-order valence-corrected chi connectivity index (χ1v) is 7.42. The summed E-state index contributed by atoms with van der Waals surface area (Å²) in [5, 5.41) is 4.17. The molecule has 0 radical (unpaired) electrons. The summed E-state index contributed by atoms with van der Waals surface area (Å²) in [7, 11) is 0. The molecule has 0 unspecified atom stereocenters. The summed E-state index contributed by atoms with van der Waals surface area (Å²) in [6, 6.07) is 16.3. The monoisotopic (exact) mass is 360 g/mol. The number of nitrogens with one attached hydrogen (secondary N) is 1. The fourth-order valence-electron chi connectivity index (χ4n) is 1.98. The van der Waals surface area contributed by atoms with E-state index in [1.165, 1.54) is 0 Å². The summed E-state index contributed by atoms with van der Waals surface area (Å²) in [6.45, 7) is 0. The zero-order chi connectivity index (χ0) is 14.8. The lowest BCUT2D eigenvalue weighted by Crippen LogP contribution is -2.11. The first-order chi connectivity index (χ1) is 10.1. The topological polar surface area (TPSA) is 42.0 Å². The summed E-state index contributed by atoms with van der Waals surface area (Å²) < 4.78 is 0.967. The van der Waals surface area contributed by atoms with Crippen LogP contribution in [0.5, 0.6) is 0 Å². The SMILES string of the molecule is O=C(Nc1ccc(Br)cc1)c1ccc2nc(Cl)ccc2c1. The molecule has 1 aromatic heterocycles. The predicted octanol–water partition coefficient (Wildman–Crippen LogP) is 4.90. The number of rotatable bonds is 2. The van der Waals surface area contributed by atoms with Gasteiger partial charge in [-0.3, -0.25) is 4.79 Å². The van der Waals surface area contributed by atoms with Crippen LogP contribution in [0.1, 0.15) is 10.4 Å². The van der Waals surface area contributed by atoms with Crippen LogP contribution in [0, 0.1) is 0 Å². The number of pyridine rings is 1. The van der Waals surface area contributed by atoms with Crippen LogP contribution >= 0.6 is 27.5 Å². The van der Waals surface area contributed by atoms with Crippen LogP contribution in [0.25, 0.3) is 10.9 Å². The zero-order valence-electron chi connectivity index (χ0n) is 10.8. The third-order valence-corrected chi connectivity index (χ3v) is 3.76. The van der Waals surface area contributed by atoms with Crippen molar-refractivity contribution in [2.24, 2.45) is 0 Å². The van der Waals surface area contributed by atoms with E-state index in [0.717, 1.165) is 21.1 Å². The largest absolute Gasteiger partial charge is 0.322 e. The van der Waals surface area contributed by atoms with E-state index < -0.39 is 0 Å². The van der Waals surface area contributed by atoms with Gasteiger partial charge in [0, 0.05) is 21.1 Å². The van der Waals surface area contributed by atoms with Gasteiger partial charge in [0.15, 0.2) is 0 Å². The van der Waals surface area contributed by atoms with Gasteiger partial charge in [0.25, 0.3) is 5.91 Å². The number of anilines is 1. The highest BCUT2D eigenvalue weighted by molar-refractivity contribution is 9.10. The molecule has 1 heterocycles. The molecule has 0 spiro atoms. The Labute approximate surface area is 135 Å². The lowest BCUT2D eigenvalue weighted by Gasteiger charge is -2.06. The van der Waals surface area contributed by atoms with Crippen LogP contribution in [0.4, 0.5) is 5.69 Å². The maximum atomic E-state index is 12.2. The maximum absolute atomic E-state index is 12.2. The third kappa shape index (κ3) is 3.23. The zero-order valence-corrected chi connectivity index (χ0v) is 13.1. The highest BCUT2D eigenvalue weighted by Crippen LogP contribution is 2.19. The van der Waals surface area contributed by atoms with Crippen LogP contribution in [-0.4, -0.2) is 10.9 Å². The first-order valence-electron chi connectivity index (χ1n) is 6.25. The standard InChI is InChI=1S/C16H10BrClN2O/c17-12-3-5-13(6-4-12)19-16(21)11-1-7-14-10(9-11)2-8-15(18)20-14/h1-9H,(H,19,21). The normalized spacial score (nSPS) is 10.6. The minimum Gasteiger partial charge on any atom is -0.322 e. The summed E-state index contributed by atoms with van der Waals surface area (Å²) >= 11 is 9.21. The molecular formula is C16H10BrClN2O. The van der Waals surface area contributed by atoms with Gasteiger partial charge >= 0.3 is 0 Å². The number of nitrogens with zero attached hydrogens (tertiary/aromatic N) is 1. The summed E-state index contributed by atoms with van der Waals surface area (Å²) in [5.41, 5.74) is 2.09. The van der Waals surface area contributed by atoms with Gasteiger partial charge in [0.2, 0.25) is 0 Å². The predicted molar refractivity (Wildman–Crippen MR) is 88.8 cm³/mol. The molecule has 21 heavy (non-hydrogen) atoms. The summed E-state index contributed by atoms with van der Waals surface area (Å²) in [6.07, 6.45) is 0. The average Bonchev–Trinajstić information content (AvgIpc) is 2.49. The van der Waals surface area contributed by atoms with Gasteiger partial charge in [-0.25, -0.2) is 4.98 Å². The van der Waals surface area contributed by atoms with Crippen molar-refractivity contribution in [1.29, 1.82) is 0 Å². The molecule has 3 rings (SSSR count). The number of fused-ring (bicyclic) bond motifs is 1. The molecule has 1 N–H and O–H groups in total. The van der Waals surface area contributed by atoms with E-state index in [2.05, 4.69) is 26.2 Å². The van der Waals surface area contributed by atoms with Gasteiger partial charge in [-0.2, -0.15) is 0 Å². The quantitative estimate of drug-likeness (QED) is 0.659. The second-order valence-corrected chi connectivity index (χ2v) is 5.81. The average molecular weight is 362 g/mol. The van der Waals surface area contributed by atoms with Crippen LogP contribution < -0.4 is 5.32 Å². The van der Waals surface area contributed by atoms with Gasteiger partial charge in [0.1, 0.15) is 5.15 Å². The van der Waals surface area contributed by atoms with Crippen LogP contribution in [0.15, 0.2) is 59.1 Å². The molecule has 3 aromatic rings. The van der Waals surface area contributed by atoms with Gasteiger partial charge < -0.3 is 5.32 Å². The van der Waals surface area contributed by atoms with Gasteiger partial charge in [-0.15, -0.1) is 0 Å². The molecule has 0 atom stereocenters. The number of carbonyl (C=O) groups is 1. The molecule has 104 valence electrons. The van der Waals surface area contributed by atoms with E-state index in [1.54, 1.807) is 24.3 Å². The Morgan fingerprint density at radius 2 is 1.81 bits per heavy atom. The Bertz CT molecular complexity index is 818. The molecule has 2 aromatic carbocycles. The van der Waals surface area contributed by atoms with Crippen molar-refractivity contribution < 1.29 is 4.79 Å². The Morgan fingerprint density at radius 1 is 1.05 bits per heavy atom. The van der Waals surface area contributed by atoms with Gasteiger partial charge in [0.05, 0.1) is 5.52 Å². The van der Waals surface area contributed by atoms with Crippen LogP contribution in [0.3, 0.4) is 0 Å². The Kier molecular flexibility index (Phi) is 3.90. The van der Waals surface area contributed by atoms with E-state index in [9.17, 15) is 4.79 Å². The number of hydrogen-bond acceptors (Lipinski definition) is 2. The fourth-order valence-corrected chi connectivity index (χ4v) is 2.40. The van der Waals surface area contributed by atoms with Crippen molar-refractivity contribution in [1.82, 2.24) is 4.98 Å². The molecule has 0 fully saturated rings. The van der Waals surface area contributed by atoms with Crippen molar-refractivity contribution in [3.05, 3.63) is 69.8 Å². The molecule has 0 bridgehead atoms. The van der Waals surface area contributed by atoms with Crippen molar-refractivity contribution in [3.8, 4) is 0 Å². The highest BCUT2D eigenvalue weighted by atomic mass is 79.9. The molecule has 3 nitrogen and oxygen atoms in total. The van der Waals surface area contributed by atoms with E-state index in [0.29, 0.717) is 10.7 Å². The van der Waals surface area contributed by atoms with Crippen LogP contribution in [-0.2, 0) is 0 Å². The number of hydrogen-bond donors (Lipinski definition) is 1. The van der Waals surface area contributed by atoms with E-state index in [4.69, 9.17) is 11.6 Å². The number of benzene rings is 2. The number of amides is 1. The molecule has 0 aliphatic carbocycles. The maximum Gasteiger partial charge on any atom is 0.255 e. The second kappa shape index (κ2) is 5.84. The molecule has 0 aliphatic rings. The Hall–Kier alpha value is -1.91. The smallest absolute Gasteiger partial charge is 0.255 e. The van der Waals surface area contributed by atoms with Crippen LogP contribution in [0.2, 0.25) is 5.15 Å². The summed E-state index contributed by atoms with van der Waals surface area (Å²) in [4.78, 5) is 16.4. The third-order valence-electron chi connectivity index (χ3n) is 3.02. The number of halogens is 2. The molecular weight excluding hydrogens is 352 g/mol.